The molecule has 0 aliphatic heterocycles. The molecule has 0 spiro atoms. The molecule has 2 heterocycles. The number of aromatic nitrogens is 3. The maximum Gasteiger partial charge on any atom is 0.296 e. The molecule has 25 heavy (non-hydrogen) atoms. The Morgan fingerprint density at radius 2 is 1.96 bits per heavy atom. The summed E-state index contributed by atoms with van der Waals surface area (Å²) in [6, 6.07) is 13.5. The number of nitrogens with zero attached hydrogens (tertiary/aromatic N) is 2. The van der Waals surface area contributed by atoms with E-state index in [-0.39, 0.29) is 17.2 Å². The number of amides is 1. The number of hydrogen-bond acceptors (Lipinski definition) is 4. The minimum atomic E-state index is -0.370. The first-order chi connectivity index (χ1) is 12.1. The summed E-state index contributed by atoms with van der Waals surface area (Å²) >= 11 is 0. The number of hydrogen-bond donors (Lipinski definition) is 2. The summed E-state index contributed by atoms with van der Waals surface area (Å²) in [6.45, 7) is 2.26. The third-order valence-electron chi connectivity index (χ3n) is 3.50. The molecule has 0 saturated heterocycles. The lowest BCUT2D eigenvalue weighted by Crippen LogP contribution is -2.20. The van der Waals surface area contributed by atoms with Crippen LogP contribution in [-0.2, 0) is 22.7 Å². The van der Waals surface area contributed by atoms with Gasteiger partial charge < -0.3 is 10.1 Å². The first-order valence-electron chi connectivity index (χ1n) is 7.78. The van der Waals surface area contributed by atoms with E-state index in [1.165, 1.54) is 17.8 Å². The van der Waals surface area contributed by atoms with Gasteiger partial charge in [0.2, 0.25) is 5.91 Å². The summed E-state index contributed by atoms with van der Waals surface area (Å²) in [6.07, 6.45) is 3.05. The summed E-state index contributed by atoms with van der Waals surface area (Å²) in [5, 5.41) is 5.27. The molecule has 0 aliphatic rings. The Labute approximate surface area is 144 Å². The Hall–Kier alpha value is -3.19. The molecular weight excluding hydrogens is 320 g/mol. The van der Waals surface area contributed by atoms with Crippen LogP contribution in [0.25, 0.3) is 5.82 Å². The van der Waals surface area contributed by atoms with E-state index >= 15 is 0 Å². The van der Waals surface area contributed by atoms with Crippen molar-refractivity contribution in [3.8, 4) is 5.82 Å². The molecular formula is C18H18N4O3. The number of carbonyl (C=O) groups is 1. The smallest absolute Gasteiger partial charge is 0.296 e. The minimum absolute atomic E-state index is 0.181. The topological polar surface area (TPSA) is 89.0 Å². The Balaban J connectivity index is 1.70. The van der Waals surface area contributed by atoms with Crippen molar-refractivity contribution in [2.24, 2.45) is 0 Å². The van der Waals surface area contributed by atoms with Gasteiger partial charge in [0.1, 0.15) is 5.69 Å². The van der Waals surface area contributed by atoms with Crippen LogP contribution >= 0.6 is 0 Å². The van der Waals surface area contributed by atoms with E-state index in [1.807, 2.05) is 36.4 Å². The van der Waals surface area contributed by atoms with Crippen LogP contribution in [0.5, 0.6) is 0 Å². The summed E-state index contributed by atoms with van der Waals surface area (Å²) in [5.41, 5.74) is 1.80. The van der Waals surface area contributed by atoms with Crippen molar-refractivity contribution >= 4 is 11.6 Å². The highest BCUT2D eigenvalue weighted by Crippen LogP contribution is 2.09. The van der Waals surface area contributed by atoms with Crippen LogP contribution in [0.2, 0.25) is 0 Å². The van der Waals surface area contributed by atoms with Crippen molar-refractivity contribution in [2.45, 2.75) is 20.1 Å². The molecule has 1 aromatic carbocycles. The highest BCUT2D eigenvalue weighted by molar-refractivity contribution is 5.88. The molecule has 1 amide bonds. The van der Waals surface area contributed by atoms with Crippen molar-refractivity contribution in [1.82, 2.24) is 14.8 Å². The molecule has 0 fully saturated rings. The molecule has 128 valence electrons. The summed E-state index contributed by atoms with van der Waals surface area (Å²) in [4.78, 5) is 27.5. The quantitative estimate of drug-likeness (QED) is 0.721. The van der Waals surface area contributed by atoms with Gasteiger partial charge in [-0.15, -0.1) is 0 Å². The van der Waals surface area contributed by atoms with Crippen molar-refractivity contribution < 1.29 is 9.53 Å². The van der Waals surface area contributed by atoms with E-state index in [9.17, 15) is 9.59 Å². The normalized spacial score (nSPS) is 10.6. The van der Waals surface area contributed by atoms with Gasteiger partial charge in [-0.25, -0.2) is 4.98 Å². The van der Waals surface area contributed by atoms with Gasteiger partial charge >= 0.3 is 0 Å². The van der Waals surface area contributed by atoms with Crippen molar-refractivity contribution in [1.29, 1.82) is 0 Å². The highest BCUT2D eigenvalue weighted by atomic mass is 16.5. The fraction of sp³-hybridized carbons (Fsp3) is 0.167. The zero-order valence-corrected chi connectivity index (χ0v) is 13.7. The standard InChI is InChI=1S/C18H18N4O3/c1-13(23)21-16-10-20-22(18(16)24)17-9-15(7-8-19-17)12-25-11-14-5-3-2-4-6-14/h2-10,20H,11-12H2,1H3,(H,21,23). The minimum Gasteiger partial charge on any atom is -0.372 e. The van der Waals surface area contributed by atoms with E-state index in [0.717, 1.165) is 11.1 Å². The van der Waals surface area contributed by atoms with E-state index in [2.05, 4.69) is 15.4 Å². The van der Waals surface area contributed by atoms with Gasteiger partial charge in [0.25, 0.3) is 5.56 Å². The number of ether oxygens (including phenoxy) is 1. The Morgan fingerprint density at radius 3 is 2.72 bits per heavy atom. The molecule has 0 aliphatic carbocycles. The largest absolute Gasteiger partial charge is 0.372 e. The molecule has 0 unspecified atom stereocenters. The Kier molecular flexibility index (Phi) is 5.06. The van der Waals surface area contributed by atoms with E-state index in [4.69, 9.17) is 4.74 Å². The number of rotatable bonds is 6. The lowest BCUT2D eigenvalue weighted by Gasteiger charge is -2.06. The molecule has 2 aromatic heterocycles. The first kappa shape index (κ1) is 16.7. The van der Waals surface area contributed by atoms with Gasteiger partial charge in [0.05, 0.1) is 13.2 Å². The number of aromatic amines is 1. The second-order valence-corrected chi connectivity index (χ2v) is 5.51. The van der Waals surface area contributed by atoms with Crippen LogP contribution in [0.4, 0.5) is 5.69 Å². The summed E-state index contributed by atoms with van der Waals surface area (Å²) < 4.78 is 6.97. The SMILES string of the molecule is CC(=O)Nc1c[nH]n(-c2cc(COCc3ccccc3)ccn2)c1=O. The molecule has 7 heteroatoms. The van der Waals surface area contributed by atoms with E-state index in [0.29, 0.717) is 19.0 Å². The Bertz CT molecular complexity index is 915. The van der Waals surface area contributed by atoms with E-state index < -0.39 is 0 Å². The number of anilines is 1. The van der Waals surface area contributed by atoms with E-state index in [1.54, 1.807) is 12.3 Å². The molecule has 3 aromatic rings. The van der Waals surface area contributed by atoms with Gasteiger partial charge in [0, 0.05) is 19.3 Å². The third-order valence-corrected chi connectivity index (χ3v) is 3.50. The molecule has 7 nitrogen and oxygen atoms in total. The number of benzene rings is 1. The summed E-state index contributed by atoms with van der Waals surface area (Å²) in [5.74, 6) is 0.127. The molecule has 2 N–H and O–H groups in total. The number of carbonyl (C=O) groups excluding carboxylic acids is 1. The van der Waals surface area contributed by atoms with Crippen LogP contribution in [0.15, 0.2) is 59.7 Å². The van der Waals surface area contributed by atoms with Crippen molar-refractivity contribution in [3.63, 3.8) is 0 Å². The Morgan fingerprint density at radius 1 is 1.20 bits per heavy atom. The van der Waals surface area contributed by atoms with Crippen LogP contribution in [0.3, 0.4) is 0 Å². The van der Waals surface area contributed by atoms with Crippen LogP contribution in [0.1, 0.15) is 18.1 Å². The zero-order chi connectivity index (χ0) is 17.6. The number of nitrogens with one attached hydrogen (secondary N) is 2. The third kappa shape index (κ3) is 4.21. The average Bonchev–Trinajstić information content (AvgIpc) is 2.96. The molecule has 0 radical (unpaired) electrons. The van der Waals surface area contributed by atoms with Gasteiger partial charge in [-0.3, -0.25) is 14.7 Å². The van der Waals surface area contributed by atoms with Gasteiger partial charge in [-0.05, 0) is 23.3 Å². The second kappa shape index (κ2) is 7.59. The number of H-pyrrole nitrogens is 1. The second-order valence-electron chi connectivity index (χ2n) is 5.51. The van der Waals surface area contributed by atoms with Gasteiger partial charge in [-0.1, -0.05) is 30.3 Å². The molecule has 0 saturated carbocycles. The lowest BCUT2D eigenvalue weighted by molar-refractivity contribution is -0.114. The van der Waals surface area contributed by atoms with Gasteiger partial charge in [0.15, 0.2) is 5.82 Å². The molecule has 3 rings (SSSR count). The molecule has 0 bridgehead atoms. The fourth-order valence-corrected chi connectivity index (χ4v) is 2.35. The molecule has 0 atom stereocenters. The van der Waals surface area contributed by atoms with Crippen LogP contribution in [0, 0.1) is 0 Å². The zero-order valence-electron chi connectivity index (χ0n) is 13.7. The van der Waals surface area contributed by atoms with Crippen LogP contribution < -0.4 is 10.9 Å². The maximum atomic E-state index is 12.3. The first-order valence-corrected chi connectivity index (χ1v) is 7.78. The average molecular weight is 338 g/mol. The predicted octanol–water partition coefficient (Wildman–Crippen LogP) is 2.24. The summed E-state index contributed by atoms with van der Waals surface area (Å²) in [7, 11) is 0. The predicted molar refractivity (Wildman–Crippen MR) is 93.4 cm³/mol. The maximum absolute atomic E-state index is 12.3. The van der Waals surface area contributed by atoms with Crippen molar-refractivity contribution in [3.05, 3.63) is 76.3 Å². The van der Waals surface area contributed by atoms with Gasteiger partial charge in [-0.2, -0.15) is 4.68 Å². The number of pyridine rings is 1. The lowest BCUT2D eigenvalue weighted by atomic mass is 10.2. The highest BCUT2D eigenvalue weighted by Gasteiger charge is 2.10. The fourth-order valence-electron chi connectivity index (χ4n) is 2.35. The van der Waals surface area contributed by atoms with Crippen LogP contribution in [-0.4, -0.2) is 20.7 Å². The van der Waals surface area contributed by atoms with Crippen molar-refractivity contribution in [2.75, 3.05) is 5.32 Å². The monoisotopic (exact) mass is 338 g/mol.